The molecule has 0 spiro atoms. The van der Waals surface area contributed by atoms with E-state index < -0.39 is 0 Å². The van der Waals surface area contributed by atoms with Gasteiger partial charge in [0.15, 0.2) is 5.78 Å². The van der Waals surface area contributed by atoms with E-state index >= 15 is 0 Å². The minimum absolute atomic E-state index is 0.279. The van der Waals surface area contributed by atoms with Crippen LogP contribution in [0.3, 0.4) is 0 Å². The van der Waals surface area contributed by atoms with Gasteiger partial charge in [-0.15, -0.1) is 0 Å². The van der Waals surface area contributed by atoms with Gasteiger partial charge in [-0.05, 0) is 85.5 Å². The molecule has 0 saturated heterocycles. The van der Waals surface area contributed by atoms with Crippen LogP contribution < -0.4 is 0 Å². The monoisotopic (exact) mass is 314 g/mol. The minimum atomic E-state index is 0.279. The zero-order valence-corrected chi connectivity index (χ0v) is 14.6. The molecule has 0 aromatic carbocycles. The van der Waals surface area contributed by atoms with Crippen molar-refractivity contribution in [2.45, 2.75) is 58.8 Å². The number of fused-ring (bicyclic) bond motifs is 7. The molecule has 1 N–H and O–H groups in total. The number of allylic oxidation sites excluding steroid dienone is 1. The zero-order valence-electron chi connectivity index (χ0n) is 14.6. The number of rotatable bonds is 1. The molecule has 0 radical (unpaired) electrons. The molecular formula is C21H30O2. The maximum absolute atomic E-state index is 11.8. The fraction of sp³-hybridized carbons (Fsp3) is 0.857. The third kappa shape index (κ3) is 1.67. The Labute approximate surface area is 139 Å². The third-order valence-electron chi connectivity index (χ3n) is 9.22. The summed E-state index contributed by atoms with van der Waals surface area (Å²) in [5.74, 6) is 5.04. The van der Waals surface area contributed by atoms with E-state index in [1.807, 2.05) is 6.08 Å². The summed E-state index contributed by atoms with van der Waals surface area (Å²) in [6.45, 7) is 5.37. The summed E-state index contributed by atoms with van der Waals surface area (Å²) in [6.07, 6.45) is 10.3. The standard InChI is InChI=1S/C21H30O2/c1-12-7-13-8-15(23)3-4-16(13)17-5-6-20(2)18(19(12)17)9-14-10-21(14,20)11-22/h8,12,14,16-19,22H,3-7,9-11H2,1-2H3/t12-,14-,16+,17-,18-,19-,20+,21-/m1/s1. The number of carbonyl (C=O) groups excluding carboxylic acids is 1. The quantitative estimate of drug-likeness (QED) is 0.795. The summed E-state index contributed by atoms with van der Waals surface area (Å²) in [6, 6.07) is 0. The van der Waals surface area contributed by atoms with Gasteiger partial charge in [0.2, 0.25) is 0 Å². The maximum Gasteiger partial charge on any atom is 0.155 e. The van der Waals surface area contributed by atoms with Crippen LogP contribution in [0.15, 0.2) is 11.6 Å². The Hall–Kier alpha value is -0.630. The number of carbonyl (C=O) groups is 1. The molecule has 0 unspecified atom stereocenters. The van der Waals surface area contributed by atoms with Crippen LogP contribution in [0, 0.1) is 46.3 Å². The van der Waals surface area contributed by atoms with E-state index in [0.717, 1.165) is 42.9 Å². The number of aliphatic hydroxyl groups excluding tert-OH is 1. The first-order chi connectivity index (χ1) is 11.0. The van der Waals surface area contributed by atoms with Crippen LogP contribution >= 0.6 is 0 Å². The largest absolute Gasteiger partial charge is 0.396 e. The second-order valence-corrected chi connectivity index (χ2v) is 9.77. The Morgan fingerprint density at radius 3 is 2.96 bits per heavy atom. The fourth-order valence-electron chi connectivity index (χ4n) is 8.04. The molecule has 0 bridgehead atoms. The predicted molar refractivity (Wildman–Crippen MR) is 89.6 cm³/mol. The topological polar surface area (TPSA) is 37.3 Å². The van der Waals surface area contributed by atoms with Crippen molar-refractivity contribution in [1.29, 1.82) is 0 Å². The summed E-state index contributed by atoms with van der Waals surface area (Å²) in [4.78, 5) is 11.8. The highest BCUT2D eigenvalue weighted by atomic mass is 16.3. The second kappa shape index (κ2) is 4.50. The smallest absolute Gasteiger partial charge is 0.155 e. The van der Waals surface area contributed by atoms with Crippen molar-refractivity contribution in [2.75, 3.05) is 6.61 Å². The van der Waals surface area contributed by atoms with Gasteiger partial charge in [0.05, 0.1) is 0 Å². The highest BCUT2D eigenvalue weighted by Crippen LogP contribution is 2.79. The zero-order chi connectivity index (χ0) is 16.0. The van der Waals surface area contributed by atoms with E-state index in [2.05, 4.69) is 13.8 Å². The van der Waals surface area contributed by atoms with Gasteiger partial charge in [-0.2, -0.15) is 0 Å². The Bertz CT molecular complexity index is 589. The molecule has 5 aliphatic carbocycles. The lowest BCUT2D eigenvalue weighted by Crippen LogP contribution is -2.51. The second-order valence-electron chi connectivity index (χ2n) is 9.77. The number of hydrogen-bond acceptors (Lipinski definition) is 2. The Morgan fingerprint density at radius 1 is 1.35 bits per heavy atom. The van der Waals surface area contributed by atoms with Gasteiger partial charge in [-0.3, -0.25) is 4.79 Å². The van der Waals surface area contributed by atoms with Crippen molar-refractivity contribution in [3.8, 4) is 0 Å². The molecule has 0 aromatic rings. The van der Waals surface area contributed by atoms with Crippen molar-refractivity contribution in [1.82, 2.24) is 0 Å². The van der Waals surface area contributed by atoms with Crippen LogP contribution in [0.5, 0.6) is 0 Å². The van der Waals surface area contributed by atoms with Crippen LogP contribution in [0.25, 0.3) is 0 Å². The highest BCUT2D eigenvalue weighted by molar-refractivity contribution is 5.91. The fourth-order valence-corrected chi connectivity index (χ4v) is 8.04. The molecule has 5 rings (SSSR count). The number of ketones is 1. The van der Waals surface area contributed by atoms with Crippen LogP contribution in [-0.2, 0) is 4.79 Å². The van der Waals surface area contributed by atoms with Gasteiger partial charge in [0, 0.05) is 18.4 Å². The molecule has 4 saturated carbocycles. The molecular weight excluding hydrogens is 284 g/mol. The highest BCUT2D eigenvalue weighted by Gasteiger charge is 2.74. The lowest BCUT2D eigenvalue weighted by atomic mass is 9.47. The summed E-state index contributed by atoms with van der Waals surface area (Å²) < 4.78 is 0. The molecule has 2 nitrogen and oxygen atoms in total. The molecule has 4 fully saturated rings. The lowest BCUT2D eigenvalue weighted by molar-refractivity contribution is -0.116. The molecule has 2 heteroatoms. The molecule has 0 aliphatic heterocycles. The van der Waals surface area contributed by atoms with Gasteiger partial charge in [-0.25, -0.2) is 0 Å². The first-order valence-electron chi connectivity index (χ1n) is 9.84. The average molecular weight is 314 g/mol. The van der Waals surface area contributed by atoms with E-state index in [-0.39, 0.29) is 5.41 Å². The van der Waals surface area contributed by atoms with Gasteiger partial charge < -0.3 is 5.11 Å². The van der Waals surface area contributed by atoms with Crippen molar-refractivity contribution >= 4 is 5.78 Å². The number of aliphatic hydroxyl groups is 1. The van der Waals surface area contributed by atoms with Crippen LogP contribution in [-0.4, -0.2) is 17.5 Å². The minimum Gasteiger partial charge on any atom is -0.396 e. The van der Waals surface area contributed by atoms with Gasteiger partial charge in [-0.1, -0.05) is 19.4 Å². The Balaban J connectivity index is 1.51. The average Bonchev–Trinajstić information content (AvgIpc) is 3.19. The first kappa shape index (κ1) is 14.7. The molecule has 8 atom stereocenters. The Morgan fingerprint density at radius 2 is 2.17 bits per heavy atom. The van der Waals surface area contributed by atoms with E-state index in [0.29, 0.717) is 29.6 Å². The predicted octanol–water partition coefficient (Wildman–Crippen LogP) is 3.98. The SMILES string of the molecule is C[C@@H]1CC2=CC(=O)CC[C@@H]2[C@H]2CC[C@@]3(C)[C@H](C[C@@H]4C[C@@]43CO)[C@@H]21. The normalized spacial score (nSPS) is 57.0. The molecule has 23 heavy (non-hydrogen) atoms. The molecule has 0 aromatic heterocycles. The van der Waals surface area contributed by atoms with Crippen LogP contribution in [0.1, 0.15) is 58.8 Å². The summed E-state index contributed by atoms with van der Waals surface area (Å²) in [5.41, 5.74) is 2.15. The summed E-state index contributed by atoms with van der Waals surface area (Å²) >= 11 is 0. The molecule has 0 heterocycles. The van der Waals surface area contributed by atoms with Crippen molar-refractivity contribution in [2.24, 2.45) is 46.3 Å². The van der Waals surface area contributed by atoms with Crippen LogP contribution in [0.4, 0.5) is 0 Å². The van der Waals surface area contributed by atoms with Gasteiger partial charge in [0.25, 0.3) is 0 Å². The number of hydrogen-bond donors (Lipinski definition) is 1. The maximum atomic E-state index is 11.8. The Kier molecular flexibility index (Phi) is 2.88. The first-order valence-corrected chi connectivity index (χ1v) is 9.84. The summed E-state index contributed by atoms with van der Waals surface area (Å²) in [7, 11) is 0. The lowest BCUT2D eigenvalue weighted by Gasteiger charge is -2.57. The third-order valence-corrected chi connectivity index (χ3v) is 9.22. The van der Waals surface area contributed by atoms with E-state index in [1.54, 1.807) is 0 Å². The van der Waals surface area contributed by atoms with Crippen molar-refractivity contribution in [3.63, 3.8) is 0 Å². The molecule has 5 aliphatic rings. The summed E-state index contributed by atoms with van der Waals surface area (Å²) in [5, 5.41) is 10.1. The van der Waals surface area contributed by atoms with Crippen LogP contribution in [0.2, 0.25) is 0 Å². The van der Waals surface area contributed by atoms with E-state index in [9.17, 15) is 9.90 Å². The van der Waals surface area contributed by atoms with E-state index in [1.165, 1.54) is 31.3 Å². The van der Waals surface area contributed by atoms with Gasteiger partial charge >= 0.3 is 0 Å². The van der Waals surface area contributed by atoms with E-state index in [4.69, 9.17) is 0 Å². The van der Waals surface area contributed by atoms with Gasteiger partial charge in [0.1, 0.15) is 0 Å². The van der Waals surface area contributed by atoms with Crippen molar-refractivity contribution < 1.29 is 9.90 Å². The molecule has 0 amide bonds. The van der Waals surface area contributed by atoms with Crippen molar-refractivity contribution in [3.05, 3.63) is 11.6 Å². The molecule has 126 valence electrons.